The van der Waals surface area contributed by atoms with E-state index in [-0.39, 0.29) is 0 Å². The highest BCUT2D eigenvalue weighted by Crippen LogP contribution is 2.10. The lowest BCUT2D eigenvalue weighted by Gasteiger charge is -1.91. The lowest BCUT2D eigenvalue weighted by atomic mass is 10.2. The Kier molecular flexibility index (Phi) is 2.43. The zero-order valence-electron chi connectivity index (χ0n) is 5.21. The second-order valence-electron chi connectivity index (χ2n) is 1.82. The molecule has 0 heterocycles. The van der Waals surface area contributed by atoms with Crippen LogP contribution in [0.1, 0.15) is 5.56 Å². The van der Waals surface area contributed by atoms with Crippen molar-refractivity contribution in [3.63, 3.8) is 0 Å². The fourth-order valence-corrected chi connectivity index (χ4v) is 0.898. The van der Waals surface area contributed by atoms with Gasteiger partial charge in [-0.25, -0.2) is 0 Å². The lowest BCUT2D eigenvalue weighted by Crippen LogP contribution is -1.69. The van der Waals surface area contributed by atoms with Gasteiger partial charge in [0.05, 0.1) is 0 Å². The first-order chi connectivity index (χ1) is 4.83. The van der Waals surface area contributed by atoms with Crippen LogP contribution in [0.2, 0.25) is 0 Å². The largest absolute Gasteiger partial charge is 0.763 e. The molecule has 0 radical (unpaired) electrons. The zero-order valence-corrected chi connectivity index (χ0v) is 6.80. The number of nitrogens with zero attached hydrogens (tertiary/aromatic N) is 1. The summed E-state index contributed by atoms with van der Waals surface area (Å²) in [4.78, 5) is 0. The second kappa shape index (κ2) is 3.35. The SMILES string of the molecule is [N-]=C=Cc1ccc(Br)cc1. The smallest absolute Gasteiger partial charge is 0.0175 e. The molecule has 0 fully saturated rings. The van der Waals surface area contributed by atoms with Crippen LogP contribution >= 0.6 is 15.9 Å². The standard InChI is InChI=1S/C8H5BrN/c9-8-3-1-7(2-4-8)5-6-10/h1-5H/q-1. The highest BCUT2D eigenvalue weighted by molar-refractivity contribution is 9.10. The molecule has 0 N–H and O–H groups in total. The molecule has 0 atom stereocenters. The van der Waals surface area contributed by atoms with E-state index in [0.717, 1.165) is 10.0 Å². The lowest BCUT2D eigenvalue weighted by molar-refractivity contribution is 1.62. The molecular formula is C8H5BrN-. The molecule has 0 aliphatic heterocycles. The van der Waals surface area contributed by atoms with Gasteiger partial charge in [-0.1, -0.05) is 28.1 Å². The van der Waals surface area contributed by atoms with Gasteiger partial charge in [0.15, 0.2) is 0 Å². The molecule has 0 bridgehead atoms. The molecule has 0 amide bonds. The summed E-state index contributed by atoms with van der Waals surface area (Å²) in [6.45, 7) is 0. The zero-order chi connectivity index (χ0) is 7.40. The van der Waals surface area contributed by atoms with E-state index in [4.69, 9.17) is 5.41 Å². The van der Waals surface area contributed by atoms with E-state index >= 15 is 0 Å². The van der Waals surface area contributed by atoms with Gasteiger partial charge in [-0.3, -0.25) is 5.87 Å². The van der Waals surface area contributed by atoms with E-state index in [1.807, 2.05) is 30.1 Å². The number of hydrogen-bond donors (Lipinski definition) is 0. The molecule has 1 aromatic rings. The monoisotopic (exact) mass is 194 g/mol. The molecule has 50 valence electrons. The van der Waals surface area contributed by atoms with E-state index in [0.29, 0.717) is 0 Å². The summed E-state index contributed by atoms with van der Waals surface area (Å²) in [7, 11) is 0. The van der Waals surface area contributed by atoms with Gasteiger partial charge in [0.2, 0.25) is 0 Å². The van der Waals surface area contributed by atoms with E-state index < -0.39 is 0 Å². The predicted octanol–water partition coefficient (Wildman–Crippen LogP) is 2.70. The predicted molar refractivity (Wildman–Crippen MR) is 47.0 cm³/mol. The third-order valence-corrected chi connectivity index (χ3v) is 1.63. The van der Waals surface area contributed by atoms with Crippen LogP contribution in [0, 0.1) is 0 Å². The molecular weight excluding hydrogens is 190 g/mol. The maximum atomic E-state index is 8.27. The second-order valence-corrected chi connectivity index (χ2v) is 2.74. The minimum Gasteiger partial charge on any atom is -0.763 e. The van der Waals surface area contributed by atoms with Gasteiger partial charge < -0.3 is 5.41 Å². The minimum atomic E-state index is 0.936. The van der Waals surface area contributed by atoms with Gasteiger partial charge in [-0.2, -0.15) is 0 Å². The van der Waals surface area contributed by atoms with E-state index in [2.05, 4.69) is 15.9 Å². The van der Waals surface area contributed by atoms with Crippen molar-refractivity contribution in [2.24, 2.45) is 0 Å². The van der Waals surface area contributed by atoms with Gasteiger partial charge in [0.25, 0.3) is 0 Å². The van der Waals surface area contributed by atoms with Crippen LogP contribution in [0.5, 0.6) is 0 Å². The summed E-state index contributed by atoms with van der Waals surface area (Å²) in [5, 5.41) is 8.27. The first kappa shape index (κ1) is 7.26. The summed E-state index contributed by atoms with van der Waals surface area (Å²) in [6, 6.07) is 7.58. The molecule has 0 aromatic heterocycles. The summed E-state index contributed by atoms with van der Waals surface area (Å²) in [6.07, 6.45) is 1.51. The number of halogens is 1. The maximum Gasteiger partial charge on any atom is 0.0175 e. The van der Waals surface area contributed by atoms with Crippen molar-refractivity contribution < 1.29 is 0 Å². The highest BCUT2D eigenvalue weighted by atomic mass is 79.9. The third kappa shape index (κ3) is 1.83. The van der Waals surface area contributed by atoms with Gasteiger partial charge in [0.1, 0.15) is 0 Å². The molecule has 1 nitrogen and oxygen atoms in total. The Bertz CT molecular complexity index is 257. The molecule has 0 unspecified atom stereocenters. The van der Waals surface area contributed by atoms with Gasteiger partial charge in [-0.05, 0) is 23.8 Å². The average Bonchev–Trinajstić information content (AvgIpc) is 1.95. The summed E-state index contributed by atoms with van der Waals surface area (Å²) in [5.74, 6) is 1.96. The highest BCUT2D eigenvalue weighted by Gasteiger charge is 1.84. The van der Waals surface area contributed by atoms with Crippen LogP contribution in [0.4, 0.5) is 0 Å². The fraction of sp³-hybridized carbons (Fsp3) is 0. The van der Waals surface area contributed by atoms with E-state index in [1.165, 1.54) is 6.08 Å². The van der Waals surface area contributed by atoms with Crippen LogP contribution < -0.4 is 0 Å². The third-order valence-electron chi connectivity index (χ3n) is 1.10. The van der Waals surface area contributed by atoms with Crippen molar-refractivity contribution in [3.05, 3.63) is 39.7 Å². The van der Waals surface area contributed by atoms with Crippen molar-refractivity contribution in [3.8, 4) is 0 Å². The van der Waals surface area contributed by atoms with Crippen molar-refractivity contribution >= 4 is 27.9 Å². The van der Waals surface area contributed by atoms with Gasteiger partial charge in [-0.15, -0.1) is 0 Å². The summed E-state index contributed by atoms with van der Waals surface area (Å²) < 4.78 is 1.03. The Morgan fingerprint density at radius 3 is 2.40 bits per heavy atom. The van der Waals surface area contributed by atoms with Crippen LogP contribution in [0.3, 0.4) is 0 Å². The van der Waals surface area contributed by atoms with E-state index in [9.17, 15) is 0 Å². The van der Waals surface area contributed by atoms with E-state index in [1.54, 1.807) is 0 Å². The van der Waals surface area contributed by atoms with Crippen molar-refractivity contribution in [1.29, 1.82) is 0 Å². The van der Waals surface area contributed by atoms with Crippen LogP contribution in [0.15, 0.2) is 28.7 Å². The van der Waals surface area contributed by atoms with Crippen molar-refractivity contribution in [2.75, 3.05) is 0 Å². The average molecular weight is 195 g/mol. The molecule has 1 rings (SSSR count). The van der Waals surface area contributed by atoms with Crippen molar-refractivity contribution in [1.82, 2.24) is 0 Å². The molecule has 10 heavy (non-hydrogen) atoms. The Morgan fingerprint density at radius 1 is 1.30 bits per heavy atom. The summed E-state index contributed by atoms with van der Waals surface area (Å²) >= 11 is 3.30. The molecule has 0 saturated carbocycles. The number of rotatable bonds is 1. The topological polar surface area (TPSA) is 22.3 Å². The number of benzene rings is 1. The first-order valence-electron chi connectivity index (χ1n) is 2.81. The Balaban J connectivity index is 3.00. The molecule has 0 saturated heterocycles. The Morgan fingerprint density at radius 2 is 1.90 bits per heavy atom. The molecule has 0 aliphatic rings. The quantitative estimate of drug-likeness (QED) is 0.614. The first-order valence-corrected chi connectivity index (χ1v) is 3.60. The summed E-state index contributed by atoms with van der Waals surface area (Å²) in [5.41, 5.74) is 0.936. The molecule has 0 spiro atoms. The van der Waals surface area contributed by atoms with Crippen molar-refractivity contribution in [2.45, 2.75) is 0 Å². The minimum absolute atomic E-state index is 0.936. The fourth-order valence-electron chi connectivity index (χ4n) is 0.634. The van der Waals surface area contributed by atoms with Crippen LogP contribution in [0.25, 0.3) is 11.5 Å². The van der Waals surface area contributed by atoms with Gasteiger partial charge in [0, 0.05) is 4.47 Å². The van der Waals surface area contributed by atoms with Crippen LogP contribution in [-0.4, -0.2) is 5.87 Å². The molecule has 2 heteroatoms. The number of hydrogen-bond acceptors (Lipinski definition) is 0. The normalized spacial score (nSPS) is 8.50. The Labute approximate surface area is 68.0 Å². The molecule has 1 aromatic carbocycles. The Hall–Kier alpha value is -0.850. The maximum absolute atomic E-state index is 8.27. The van der Waals surface area contributed by atoms with Gasteiger partial charge >= 0.3 is 0 Å². The molecule has 0 aliphatic carbocycles. The van der Waals surface area contributed by atoms with Crippen LogP contribution in [-0.2, 0) is 0 Å².